The molecule has 0 bridgehead atoms. The van der Waals surface area contributed by atoms with Gasteiger partial charge in [-0.1, -0.05) is 75.9 Å². The Bertz CT molecular complexity index is 2480. The van der Waals surface area contributed by atoms with Crippen LogP contribution in [0.3, 0.4) is 0 Å². The van der Waals surface area contributed by atoms with Crippen molar-refractivity contribution in [3.63, 3.8) is 0 Å². The number of benzene rings is 5. The molecule has 8 aromatic rings. The molecule has 0 saturated carbocycles. The average molecular weight is 776 g/mol. The Morgan fingerprint density at radius 1 is 0.466 bits per heavy atom. The minimum atomic E-state index is 0.360. The van der Waals surface area contributed by atoms with Crippen LogP contribution in [-0.2, 0) is 6.54 Å². The molecule has 0 unspecified atom stereocenters. The highest BCUT2D eigenvalue weighted by Gasteiger charge is 2.19. The van der Waals surface area contributed by atoms with Crippen molar-refractivity contribution in [2.75, 3.05) is 19.8 Å². The Kier molecular flexibility index (Phi) is 12.4. The molecule has 0 radical (unpaired) electrons. The van der Waals surface area contributed by atoms with Gasteiger partial charge in [0.05, 0.1) is 25.4 Å². The molecule has 0 saturated heterocycles. The lowest BCUT2D eigenvalue weighted by molar-refractivity contribution is 0.304. The lowest BCUT2D eigenvalue weighted by Crippen LogP contribution is -2.01. The van der Waals surface area contributed by atoms with Crippen LogP contribution in [0, 0.1) is 0 Å². The van der Waals surface area contributed by atoms with Crippen molar-refractivity contribution >= 4 is 21.8 Å². The lowest BCUT2D eigenvalue weighted by Gasteiger charge is -2.11. The summed E-state index contributed by atoms with van der Waals surface area (Å²) in [5.41, 5.74) is 5.60. The molecule has 3 heterocycles. The third kappa shape index (κ3) is 8.91. The van der Waals surface area contributed by atoms with Crippen LogP contribution >= 0.6 is 0 Å². The molecule has 0 aliphatic carbocycles. The van der Waals surface area contributed by atoms with Crippen molar-refractivity contribution < 1.29 is 23.0 Å². The zero-order valence-electron chi connectivity index (χ0n) is 33.2. The zero-order chi connectivity index (χ0) is 39.5. The molecule has 0 N–H and O–H groups in total. The first-order valence-electron chi connectivity index (χ1n) is 20.6. The Morgan fingerprint density at radius 2 is 0.948 bits per heavy atom. The van der Waals surface area contributed by atoms with Gasteiger partial charge < -0.3 is 27.6 Å². The minimum Gasteiger partial charge on any atom is -0.494 e. The number of hydrogen-bond acceptors (Lipinski definition) is 9. The highest BCUT2D eigenvalue weighted by molar-refractivity contribution is 6.07. The molecule has 3 aromatic heterocycles. The Hall–Kier alpha value is -6.42. The standard InChI is InChI=1S/C48H49N5O5/c1-3-5-30-54-37-24-19-34(20-25-37)45-49-51-47(57-45)36-23-28-41(48-52-50-46(58-48)35-21-26-38(27-22-35)55-31-6-4-2)44(33-36)56-32-14-8-7-13-29-53-42-17-11-9-15-39(42)40-16-10-12-18-43(40)53/h9-12,15-28,33H,3-8,13-14,29-32H2,1-2H3. The summed E-state index contributed by atoms with van der Waals surface area (Å²) in [6.07, 6.45) is 8.28. The van der Waals surface area contributed by atoms with Crippen LogP contribution in [0.2, 0.25) is 0 Å². The van der Waals surface area contributed by atoms with E-state index in [1.165, 1.54) is 21.8 Å². The normalized spacial score (nSPS) is 11.4. The summed E-state index contributed by atoms with van der Waals surface area (Å²) < 4.78 is 33.0. The predicted molar refractivity (Wildman–Crippen MR) is 228 cm³/mol. The van der Waals surface area contributed by atoms with Gasteiger partial charge in [0.2, 0.25) is 17.7 Å². The largest absolute Gasteiger partial charge is 0.494 e. The second-order valence-corrected chi connectivity index (χ2v) is 14.4. The third-order valence-corrected chi connectivity index (χ3v) is 10.3. The minimum absolute atomic E-state index is 0.360. The first kappa shape index (κ1) is 38.5. The first-order chi connectivity index (χ1) is 28.7. The Morgan fingerprint density at radius 3 is 1.53 bits per heavy atom. The second-order valence-electron chi connectivity index (χ2n) is 14.4. The van der Waals surface area contributed by atoms with E-state index in [-0.39, 0.29) is 0 Å². The lowest BCUT2D eigenvalue weighted by atomic mass is 10.1. The van der Waals surface area contributed by atoms with Crippen LogP contribution in [0.15, 0.2) is 124 Å². The topological polar surface area (TPSA) is 110 Å². The maximum atomic E-state index is 6.49. The SMILES string of the molecule is CCCCOc1ccc(-c2nnc(-c3ccc(-c4nnc(-c5ccc(OCCCC)cc5)o4)c(OCCCCCCn4c5ccccc5c5ccccc54)c3)o2)cc1. The van der Waals surface area contributed by atoms with Gasteiger partial charge in [-0.25, -0.2) is 0 Å². The Balaban J connectivity index is 0.956. The fourth-order valence-corrected chi connectivity index (χ4v) is 7.06. The molecule has 0 fully saturated rings. The summed E-state index contributed by atoms with van der Waals surface area (Å²) in [7, 11) is 0. The molecular formula is C48H49N5O5. The summed E-state index contributed by atoms with van der Waals surface area (Å²) in [4.78, 5) is 0. The fraction of sp³-hybridized carbons (Fsp3) is 0.292. The highest BCUT2D eigenvalue weighted by Crippen LogP contribution is 2.36. The van der Waals surface area contributed by atoms with Gasteiger partial charge in [-0.15, -0.1) is 20.4 Å². The van der Waals surface area contributed by atoms with E-state index in [2.05, 4.69) is 87.3 Å². The van der Waals surface area contributed by atoms with E-state index in [0.29, 0.717) is 54.7 Å². The van der Waals surface area contributed by atoms with Crippen molar-refractivity contribution in [1.82, 2.24) is 25.0 Å². The molecule has 0 amide bonds. The number of rotatable bonds is 20. The van der Waals surface area contributed by atoms with Gasteiger partial charge in [-0.3, -0.25) is 0 Å². The van der Waals surface area contributed by atoms with Gasteiger partial charge in [-0.2, -0.15) is 0 Å². The number of hydrogen-bond donors (Lipinski definition) is 0. The van der Waals surface area contributed by atoms with E-state index >= 15 is 0 Å². The number of aryl methyl sites for hydroxylation is 1. The van der Waals surface area contributed by atoms with E-state index in [1.807, 2.05) is 66.7 Å². The monoisotopic (exact) mass is 775 g/mol. The molecule has 0 aliphatic heterocycles. The molecule has 8 rings (SSSR count). The van der Waals surface area contributed by atoms with E-state index in [9.17, 15) is 0 Å². The van der Waals surface area contributed by atoms with Gasteiger partial charge in [0.15, 0.2) is 0 Å². The molecule has 0 aliphatic rings. The van der Waals surface area contributed by atoms with Crippen molar-refractivity contribution in [3.8, 4) is 63.1 Å². The predicted octanol–water partition coefficient (Wildman–Crippen LogP) is 12.2. The summed E-state index contributed by atoms with van der Waals surface area (Å²) in [6.45, 7) is 7.16. The van der Waals surface area contributed by atoms with Crippen LogP contribution in [0.5, 0.6) is 17.2 Å². The third-order valence-electron chi connectivity index (χ3n) is 10.3. The van der Waals surface area contributed by atoms with Crippen molar-refractivity contribution in [1.29, 1.82) is 0 Å². The zero-order valence-corrected chi connectivity index (χ0v) is 33.2. The number of nitrogens with zero attached hydrogens (tertiary/aromatic N) is 5. The van der Waals surface area contributed by atoms with Crippen LogP contribution in [0.25, 0.3) is 67.6 Å². The van der Waals surface area contributed by atoms with Crippen molar-refractivity contribution in [2.24, 2.45) is 0 Å². The van der Waals surface area contributed by atoms with E-state index in [4.69, 9.17) is 23.0 Å². The molecule has 0 atom stereocenters. The number of para-hydroxylation sites is 2. The van der Waals surface area contributed by atoms with Gasteiger partial charge in [0.25, 0.3) is 5.89 Å². The van der Waals surface area contributed by atoms with Crippen LogP contribution < -0.4 is 14.2 Å². The fourth-order valence-electron chi connectivity index (χ4n) is 7.06. The highest BCUT2D eigenvalue weighted by atomic mass is 16.5. The first-order valence-corrected chi connectivity index (χ1v) is 20.6. The van der Waals surface area contributed by atoms with Crippen LogP contribution in [0.1, 0.15) is 65.2 Å². The molecule has 10 heteroatoms. The van der Waals surface area contributed by atoms with Crippen LogP contribution in [-0.4, -0.2) is 44.8 Å². The maximum absolute atomic E-state index is 6.49. The quantitative estimate of drug-likeness (QED) is 0.0699. The number of fused-ring (bicyclic) bond motifs is 3. The summed E-state index contributed by atoms with van der Waals surface area (Å²) >= 11 is 0. The number of unbranched alkanes of at least 4 members (excludes halogenated alkanes) is 5. The molecule has 296 valence electrons. The number of ether oxygens (including phenoxy) is 3. The van der Waals surface area contributed by atoms with Gasteiger partial charge in [0, 0.05) is 45.0 Å². The van der Waals surface area contributed by atoms with E-state index in [0.717, 1.165) is 86.1 Å². The summed E-state index contributed by atoms with van der Waals surface area (Å²) in [5.74, 6) is 3.81. The molecule has 58 heavy (non-hydrogen) atoms. The molecule has 10 nitrogen and oxygen atoms in total. The molecule has 0 spiro atoms. The Labute approximate surface area is 338 Å². The summed E-state index contributed by atoms with van der Waals surface area (Å²) in [6, 6.07) is 38.5. The molecule has 5 aromatic carbocycles. The summed E-state index contributed by atoms with van der Waals surface area (Å²) in [5, 5.41) is 20.2. The number of aromatic nitrogens is 5. The van der Waals surface area contributed by atoms with Gasteiger partial charge in [-0.05, 0) is 105 Å². The van der Waals surface area contributed by atoms with Crippen molar-refractivity contribution in [3.05, 3.63) is 115 Å². The van der Waals surface area contributed by atoms with E-state index in [1.54, 1.807) is 0 Å². The van der Waals surface area contributed by atoms with E-state index < -0.39 is 0 Å². The van der Waals surface area contributed by atoms with Gasteiger partial charge in [0.1, 0.15) is 17.2 Å². The second kappa shape index (κ2) is 18.7. The average Bonchev–Trinajstić information content (AvgIpc) is 4.03. The maximum Gasteiger partial charge on any atom is 0.251 e. The smallest absolute Gasteiger partial charge is 0.251 e. The van der Waals surface area contributed by atoms with Gasteiger partial charge >= 0.3 is 0 Å². The van der Waals surface area contributed by atoms with Crippen molar-refractivity contribution in [2.45, 2.75) is 71.8 Å². The van der Waals surface area contributed by atoms with Crippen LogP contribution in [0.4, 0.5) is 0 Å². The molecular weight excluding hydrogens is 727 g/mol.